The van der Waals surface area contributed by atoms with E-state index in [-0.39, 0.29) is 60.2 Å². The van der Waals surface area contributed by atoms with E-state index in [4.69, 9.17) is 28.4 Å². The van der Waals surface area contributed by atoms with Gasteiger partial charge in [0.15, 0.2) is 0 Å². The molecule has 0 aliphatic heterocycles. The average molecular weight is 1160 g/mol. The molecule has 0 radical (unpaired) electrons. The fourth-order valence-corrected chi connectivity index (χ4v) is 10.6. The Labute approximate surface area is 504 Å². The van der Waals surface area contributed by atoms with E-state index in [1.54, 1.807) is 0 Å². The van der Waals surface area contributed by atoms with E-state index >= 15 is 0 Å². The van der Waals surface area contributed by atoms with Crippen LogP contribution < -0.4 is 0 Å². The van der Waals surface area contributed by atoms with E-state index in [9.17, 15) is 28.8 Å². The molecule has 0 aliphatic rings. The molecule has 0 amide bonds. The van der Waals surface area contributed by atoms with E-state index in [0.29, 0.717) is 58.2 Å². The summed E-state index contributed by atoms with van der Waals surface area (Å²) < 4.78 is 35.0. The van der Waals surface area contributed by atoms with Crippen molar-refractivity contribution in [3.05, 3.63) is 0 Å². The summed E-state index contributed by atoms with van der Waals surface area (Å²) in [5.74, 6) is -0.622. The lowest BCUT2D eigenvalue weighted by atomic mass is 9.99. The maximum Gasteiger partial charge on any atom is 0.306 e. The van der Waals surface area contributed by atoms with E-state index in [2.05, 4.69) is 41.5 Å². The van der Waals surface area contributed by atoms with Gasteiger partial charge in [-0.1, -0.05) is 208 Å². The minimum atomic E-state index is -0.161. The van der Waals surface area contributed by atoms with Crippen molar-refractivity contribution in [1.29, 1.82) is 0 Å². The van der Waals surface area contributed by atoms with E-state index in [0.717, 1.165) is 276 Å². The molecule has 0 saturated heterocycles. The zero-order valence-electron chi connectivity index (χ0n) is 54.4. The normalized spacial score (nSPS) is 12.8. The second-order valence-electron chi connectivity index (χ2n) is 24.0. The Hall–Kier alpha value is -3.18. The number of rotatable bonds is 63. The minimum absolute atomic E-state index is 0.0951. The van der Waals surface area contributed by atoms with Crippen molar-refractivity contribution in [2.75, 3.05) is 13.2 Å². The van der Waals surface area contributed by atoms with Crippen molar-refractivity contribution in [3.8, 4) is 0 Å². The standard InChI is InChI=1S/C70H130O12/c1-7-13-19-38-46-62(80-68(74)52-35-16-10-4)57-58-64(82-70(76)54-37-18-12-6)48-40-28-26-30-42-50-66(72)78-60-44-32-25-21-20-24-31-43-59-77-65(71)49-41-29-23-22-27-39-47-63(81-69(75)53-36-17-11-5)56-55-61(45-33-14-8-2)79-67(73)51-34-15-9-3/h61-64H,7-60H2,1-6H3. The van der Waals surface area contributed by atoms with Gasteiger partial charge in [0.2, 0.25) is 0 Å². The number of unbranched alkanes of at least 4 members (excludes halogenated alkanes) is 29. The summed E-state index contributed by atoms with van der Waals surface area (Å²) >= 11 is 0. The van der Waals surface area contributed by atoms with Crippen molar-refractivity contribution in [2.45, 2.75) is 400 Å². The molecule has 4 atom stereocenters. The Morgan fingerprint density at radius 2 is 0.390 bits per heavy atom. The predicted molar refractivity (Wildman–Crippen MR) is 336 cm³/mol. The highest BCUT2D eigenvalue weighted by Crippen LogP contribution is 2.24. The first-order valence-corrected chi connectivity index (χ1v) is 35.1. The predicted octanol–water partition coefficient (Wildman–Crippen LogP) is 20.1. The van der Waals surface area contributed by atoms with Gasteiger partial charge < -0.3 is 28.4 Å². The zero-order chi connectivity index (χ0) is 60.2. The molecule has 82 heavy (non-hydrogen) atoms. The summed E-state index contributed by atoms with van der Waals surface area (Å²) in [6.07, 6.45) is 47.6. The van der Waals surface area contributed by atoms with Crippen LogP contribution in [0.4, 0.5) is 0 Å². The quantitative estimate of drug-likeness (QED) is 0.0323. The third kappa shape index (κ3) is 54.7. The first-order chi connectivity index (χ1) is 40.0. The van der Waals surface area contributed by atoms with Gasteiger partial charge in [-0.15, -0.1) is 0 Å². The molecule has 12 heteroatoms. The summed E-state index contributed by atoms with van der Waals surface area (Å²) in [6.45, 7) is 13.9. The maximum atomic E-state index is 12.8. The molecule has 0 spiro atoms. The highest BCUT2D eigenvalue weighted by Gasteiger charge is 2.22. The molecule has 0 aromatic carbocycles. The third-order valence-corrected chi connectivity index (χ3v) is 15.9. The Kier molecular flexibility index (Phi) is 58.6. The number of carbonyl (C=O) groups is 6. The third-order valence-electron chi connectivity index (χ3n) is 15.9. The van der Waals surface area contributed by atoms with Crippen LogP contribution in [-0.4, -0.2) is 73.4 Å². The molecule has 0 rings (SSSR count). The van der Waals surface area contributed by atoms with Crippen LogP contribution in [-0.2, 0) is 57.2 Å². The molecule has 0 aromatic heterocycles. The summed E-state index contributed by atoms with van der Waals surface area (Å²) in [6, 6.07) is 0. The van der Waals surface area contributed by atoms with Crippen LogP contribution in [0.3, 0.4) is 0 Å². The summed E-state index contributed by atoms with van der Waals surface area (Å²) in [4.78, 5) is 75.5. The van der Waals surface area contributed by atoms with Crippen molar-refractivity contribution in [1.82, 2.24) is 0 Å². The molecule has 0 saturated carbocycles. The highest BCUT2D eigenvalue weighted by molar-refractivity contribution is 5.71. The Morgan fingerprint density at radius 1 is 0.207 bits per heavy atom. The largest absolute Gasteiger partial charge is 0.466 e. The molecule has 4 unspecified atom stereocenters. The lowest BCUT2D eigenvalue weighted by Gasteiger charge is -2.22. The molecule has 12 nitrogen and oxygen atoms in total. The Morgan fingerprint density at radius 3 is 0.671 bits per heavy atom. The zero-order valence-corrected chi connectivity index (χ0v) is 54.4. The first-order valence-electron chi connectivity index (χ1n) is 35.1. The van der Waals surface area contributed by atoms with E-state index in [1.165, 1.54) is 12.8 Å². The van der Waals surface area contributed by atoms with Crippen LogP contribution in [0, 0.1) is 0 Å². The number of esters is 6. The molecule has 0 heterocycles. The van der Waals surface area contributed by atoms with Crippen molar-refractivity contribution < 1.29 is 57.2 Å². The fourth-order valence-electron chi connectivity index (χ4n) is 10.6. The lowest BCUT2D eigenvalue weighted by molar-refractivity contribution is -0.154. The van der Waals surface area contributed by atoms with E-state index < -0.39 is 0 Å². The van der Waals surface area contributed by atoms with Crippen LogP contribution in [0.2, 0.25) is 0 Å². The van der Waals surface area contributed by atoms with E-state index in [1.807, 2.05) is 0 Å². The number of hydrogen-bond donors (Lipinski definition) is 0. The first kappa shape index (κ1) is 78.8. The van der Waals surface area contributed by atoms with Gasteiger partial charge in [-0.2, -0.15) is 0 Å². The second kappa shape index (κ2) is 60.9. The number of hydrogen-bond acceptors (Lipinski definition) is 12. The molecule has 0 fully saturated rings. The molecular weight excluding hydrogens is 1030 g/mol. The highest BCUT2D eigenvalue weighted by atomic mass is 16.6. The van der Waals surface area contributed by atoms with Crippen LogP contribution in [0.25, 0.3) is 0 Å². The summed E-state index contributed by atoms with van der Waals surface area (Å²) in [5.41, 5.74) is 0. The van der Waals surface area contributed by atoms with Gasteiger partial charge in [0, 0.05) is 38.5 Å². The number of ether oxygens (including phenoxy) is 6. The Balaban J connectivity index is 4.23. The molecule has 0 aliphatic carbocycles. The summed E-state index contributed by atoms with van der Waals surface area (Å²) in [5, 5.41) is 0. The number of carbonyl (C=O) groups excluding carboxylic acids is 6. The van der Waals surface area contributed by atoms with Crippen molar-refractivity contribution >= 4 is 35.8 Å². The second-order valence-corrected chi connectivity index (χ2v) is 24.0. The molecular formula is C70H130O12. The minimum Gasteiger partial charge on any atom is -0.466 e. The van der Waals surface area contributed by atoms with Gasteiger partial charge in [-0.3, -0.25) is 28.8 Å². The average Bonchev–Trinajstić information content (AvgIpc) is 3.45. The smallest absolute Gasteiger partial charge is 0.306 e. The topological polar surface area (TPSA) is 158 Å². The molecule has 0 aromatic rings. The van der Waals surface area contributed by atoms with Crippen molar-refractivity contribution in [2.24, 2.45) is 0 Å². The Bertz CT molecular complexity index is 1480. The van der Waals surface area contributed by atoms with Gasteiger partial charge in [-0.25, -0.2) is 0 Å². The molecule has 0 N–H and O–H groups in total. The monoisotopic (exact) mass is 1160 g/mol. The van der Waals surface area contributed by atoms with Gasteiger partial charge in [0.25, 0.3) is 0 Å². The van der Waals surface area contributed by atoms with Gasteiger partial charge in [0.1, 0.15) is 24.4 Å². The van der Waals surface area contributed by atoms with Gasteiger partial charge in [-0.05, 0) is 128 Å². The van der Waals surface area contributed by atoms with Gasteiger partial charge in [0.05, 0.1) is 13.2 Å². The molecule has 482 valence electrons. The maximum absolute atomic E-state index is 12.8. The summed E-state index contributed by atoms with van der Waals surface area (Å²) in [7, 11) is 0. The molecule has 0 bridgehead atoms. The van der Waals surface area contributed by atoms with Crippen LogP contribution in [0.15, 0.2) is 0 Å². The van der Waals surface area contributed by atoms with Crippen LogP contribution in [0.5, 0.6) is 0 Å². The van der Waals surface area contributed by atoms with Crippen LogP contribution in [0.1, 0.15) is 375 Å². The SMILES string of the molecule is CCCCCCC(CCC(CCCCCCCC(=O)OCCCCCCCCCCOC(=O)CCCCCCCCC(CCC(CCCCC)OC(=O)CCCCC)OC(=O)CCCCC)OC(=O)CCCCC)OC(=O)CCCCC. The fraction of sp³-hybridized carbons (Fsp3) is 0.914. The lowest BCUT2D eigenvalue weighted by Crippen LogP contribution is -2.23. The van der Waals surface area contributed by atoms with Gasteiger partial charge >= 0.3 is 35.8 Å². The van der Waals surface area contributed by atoms with Crippen LogP contribution >= 0.6 is 0 Å². The van der Waals surface area contributed by atoms with Crippen molar-refractivity contribution in [3.63, 3.8) is 0 Å².